The first-order valence-electron chi connectivity index (χ1n) is 5.78. The first-order chi connectivity index (χ1) is 6.49. The van der Waals surface area contributed by atoms with Gasteiger partial charge in [0.05, 0.1) is 0 Å². The van der Waals surface area contributed by atoms with Crippen molar-refractivity contribution in [1.82, 2.24) is 0 Å². The molecule has 0 unspecified atom stereocenters. The van der Waals surface area contributed by atoms with Gasteiger partial charge in [-0.05, 0) is 30.5 Å². The van der Waals surface area contributed by atoms with E-state index >= 15 is 0 Å². The van der Waals surface area contributed by atoms with Crippen LogP contribution in [0.4, 0.5) is 0 Å². The van der Waals surface area contributed by atoms with Gasteiger partial charge in [-0.15, -0.1) is 0 Å². The van der Waals surface area contributed by atoms with Crippen LogP contribution in [0.5, 0.6) is 0 Å². The molecule has 0 saturated heterocycles. The summed E-state index contributed by atoms with van der Waals surface area (Å²) in [4.78, 5) is 0. The molecule has 0 atom stereocenters. The molecular formula is C12H24OSi. The van der Waals surface area contributed by atoms with Crippen LogP contribution < -0.4 is 0 Å². The van der Waals surface area contributed by atoms with Gasteiger partial charge in [0.15, 0.2) is 0 Å². The highest BCUT2D eigenvalue weighted by atomic mass is 28.4. The molecule has 1 aliphatic rings. The summed E-state index contributed by atoms with van der Waals surface area (Å²) in [5.74, 6) is 0. The molecular weight excluding hydrogens is 188 g/mol. The Kier molecular flexibility index (Phi) is 3.96. The standard InChI is InChI=1S/C12H24OSi/c1-10(2)14(11(3)4)9-12(5)7-6-8-13-14/h7,10-11H,6,8-9H2,1-5H3. The van der Waals surface area contributed by atoms with E-state index in [9.17, 15) is 0 Å². The van der Waals surface area contributed by atoms with Gasteiger partial charge in [-0.1, -0.05) is 39.3 Å². The van der Waals surface area contributed by atoms with Gasteiger partial charge in [0.2, 0.25) is 8.32 Å². The molecule has 2 heteroatoms. The molecule has 0 fully saturated rings. The zero-order valence-corrected chi connectivity index (χ0v) is 11.3. The Balaban J connectivity index is 2.91. The van der Waals surface area contributed by atoms with Gasteiger partial charge in [0.25, 0.3) is 0 Å². The minimum Gasteiger partial charge on any atom is -0.416 e. The molecule has 1 aliphatic heterocycles. The van der Waals surface area contributed by atoms with E-state index in [-0.39, 0.29) is 0 Å². The molecule has 0 amide bonds. The van der Waals surface area contributed by atoms with Crippen LogP contribution in [0.2, 0.25) is 17.1 Å². The number of hydrogen-bond acceptors (Lipinski definition) is 1. The third kappa shape index (κ3) is 2.29. The third-order valence-corrected chi connectivity index (χ3v) is 9.25. The highest BCUT2D eigenvalue weighted by molar-refractivity contribution is 6.77. The molecule has 1 nitrogen and oxygen atoms in total. The van der Waals surface area contributed by atoms with Crippen molar-refractivity contribution in [2.75, 3.05) is 6.61 Å². The predicted octanol–water partition coefficient (Wildman–Crippen LogP) is 4.12. The Morgan fingerprint density at radius 2 is 1.79 bits per heavy atom. The van der Waals surface area contributed by atoms with E-state index in [1.165, 1.54) is 6.04 Å². The molecule has 1 heterocycles. The first kappa shape index (κ1) is 12.0. The maximum atomic E-state index is 6.27. The number of allylic oxidation sites excluding steroid dienone is 1. The van der Waals surface area contributed by atoms with Crippen LogP contribution in [0.3, 0.4) is 0 Å². The molecule has 0 aromatic heterocycles. The van der Waals surface area contributed by atoms with E-state index in [2.05, 4.69) is 40.7 Å². The average molecular weight is 212 g/mol. The highest BCUT2D eigenvalue weighted by Crippen LogP contribution is 2.40. The summed E-state index contributed by atoms with van der Waals surface area (Å²) in [6.45, 7) is 12.6. The summed E-state index contributed by atoms with van der Waals surface area (Å²) in [5.41, 5.74) is 3.00. The first-order valence-corrected chi connectivity index (χ1v) is 8.05. The Hall–Kier alpha value is -0.0831. The topological polar surface area (TPSA) is 9.23 Å². The van der Waals surface area contributed by atoms with Gasteiger partial charge in [-0.25, -0.2) is 0 Å². The quantitative estimate of drug-likeness (QED) is 0.494. The maximum Gasteiger partial charge on any atom is 0.201 e. The predicted molar refractivity (Wildman–Crippen MR) is 65.1 cm³/mol. The molecule has 0 N–H and O–H groups in total. The largest absolute Gasteiger partial charge is 0.416 e. The van der Waals surface area contributed by atoms with E-state index in [1.54, 1.807) is 5.57 Å². The van der Waals surface area contributed by atoms with Crippen LogP contribution in [0.1, 0.15) is 41.0 Å². The molecule has 1 rings (SSSR count). The number of hydrogen-bond donors (Lipinski definition) is 0. The van der Waals surface area contributed by atoms with Crippen molar-refractivity contribution in [3.63, 3.8) is 0 Å². The highest BCUT2D eigenvalue weighted by Gasteiger charge is 2.42. The summed E-state index contributed by atoms with van der Waals surface area (Å²) < 4.78 is 6.27. The third-order valence-electron chi connectivity index (χ3n) is 3.49. The molecule has 82 valence electrons. The fourth-order valence-electron chi connectivity index (χ4n) is 2.52. The van der Waals surface area contributed by atoms with Crippen molar-refractivity contribution in [1.29, 1.82) is 0 Å². The van der Waals surface area contributed by atoms with Crippen LogP contribution in [0.25, 0.3) is 0 Å². The van der Waals surface area contributed by atoms with Crippen molar-refractivity contribution in [3.8, 4) is 0 Å². The van der Waals surface area contributed by atoms with E-state index in [0.29, 0.717) is 0 Å². The molecule has 0 spiro atoms. The van der Waals surface area contributed by atoms with E-state index in [1.807, 2.05) is 0 Å². The van der Waals surface area contributed by atoms with E-state index in [4.69, 9.17) is 4.43 Å². The lowest BCUT2D eigenvalue weighted by atomic mass is 10.3. The van der Waals surface area contributed by atoms with Gasteiger partial charge in [0.1, 0.15) is 0 Å². The SMILES string of the molecule is CC1=CCCO[Si](C(C)C)(C(C)C)C1. The van der Waals surface area contributed by atoms with Crippen LogP contribution in [-0.4, -0.2) is 14.9 Å². The lowest BCUT2D eigenvalue weighted by Crippen LogP contribution is -2.44. The van der Waals surface area contributed by atoms with Gasteiger partial charge in [0, 0.05) is 6.61 Å². The van der Waals surface area contributed by atoms with Gasteiger partial charge < -0.3 is 4.43 Å². The normalized spacial score (nSPS) is 22.4. The molecule has 0 bridgehead atoms. The second kappa shape index (κ2) is 4.62. The monoisotopic (exact) mass is 212 g/mol. The van der Waals surface area contributed by atoms with Gasteiger partial charge >= 0.3 is 0 Å². The van der Waals surface area contributed by atoms with E-state index < -0.39 is 8.32 Å². The molecule has 0 aliphatic carbocycles. The minimum atomic E-state index is -1.52. The van der Waals surface area contributed by atoms with Crippen molar-refractivity contribution in [2.24, 2.45) is 0 Å². The van der Waals surface area contributed by atoms with Crippen molar-refractivity contribution in [3.05, 3.63) is 11.6 Å². The average Bonchev–Trinajstić information content (AvgIpc) is 2.27. The number of rotatable bonds is 2. The summed E-state index contributed by atoms with van der Waals surface area (Å²) >= 11 is 0. The van der Waals surface area contributed by atoms with Crippen LogP contribution in [0.15, 0.2) is 11.6 Å². The fourth-order valence-corrected chi connectivity index (χ4v) is 6.95. The van der Waals surface area contributed by atoms with Crippen molar-refractivity contribution >= 4 is 8.32 Å². The van der Waals surface area contributed by atoms with Gasteiger partial charge in [-0.2, -0.15) is 0 Å². The van der Waals surface area contributed by atoms with E-state index in [0.717, 1.165) is 24.1 Å². The smallest absolute Gasteiger partial charge is 0.201 e. The molecule has 0 saturated carbocycles. The molecule has 0 aromatic carbocycles. The zero-order valence-electron chi connectivity index (χ0n) is 10.3. The lowest BCUT2D eigenvalue weighted by Gasteiger charge is -2.38. The summed E-state index contributed by atoms with van der Waals surface area (Å²) in [7, 11) is -1.52. The Bertz CT molecular complexity index is 210. The van der Waals surface area contributed by atoms with Crippen molar-refractivity contribution < 1.29 is 4.43 Å². The molecule has 0 aromatic rings. The Labute approximate surface area is 89.7 Å². The molecule has 0 radical (unpaired) electrons. The zero-order chi connectivity index (χ0) is 10.8. The Morgan fingerprint density at radius 3 is 2.29 bits per heavy atom. The Morgan fingerprint density at radius 1 is 1.21 bits per heavy atom. The minimum absolute atomic E-state index is 0.726. The molecule has 14 heavy (non-hydrogen) atoms. The lowest BCUT2D eigenvalue weighted by molar-refractivity contribution is 0.296. The second-order valence-electron chi connectivity index (χ2n) is 5.13. The van der Waals surface area contributed by atoms with Crippen LogP contribution >= 0.6 is 0 Å². The second-order valence-corrected chi connectivity index (χ2v) is 9.99. The summed E-state index contributed by atoms with van der Waals surface area (Å²) in [5, 5.41) is 0. The van der Waals surface area contributed by atoms with Crippen LogP contribution in [-0.2, 0) is 4.43 Å². The van der Waals surface area contributed by atoms with Crippen LogP contribution in [0, 0.1) is 0 Å². The van der Waals surface area contributed by atoms with Crippen molar-refractivity contribution in [2.45, 2.75) is 58.2 Å². The maximum absolute atomic E-state index is 6.27. The van der Waals surface area contributed by atoms with Gasteiger partial charge in [-0.3, -0.25) is 0 Å². The fraction of sp³-hybridized carbons (Fsp3) is 0.833. The summed E-state index contributed by atoms with van der Waals surface area (Å²) in [6.07, 6.45) is 3.47. The summed E-state index contributed by atoms with van der Waals surface area (Å²) in [6, 6.07) is 1.24.